The van der Waals surface area contributed by atoms with Crippen molar-refractivity contribution in [1.29, 1.82) is 0 Å². The first-order valence-electron chi connectivity index (χ1n) is 8.05. The van der Waals surface area contributed by atoms with Crippen LogP contribution in [0.5, 0.6) is 0 Å². The zero-order chi connectivity index (χ0) is 18.9. The predicted octanol–water partition coefficient (Wildman–Crippen LogP) is 3.85. The summed E-state index contributed by atoms with van der Waals surface area (Å²) in [4.78, 5) is 0.718. The molecule has 0 fully saturated rings. The van der Waals surface area contributed by atoms with Gasteiger partial charge in [0.15, 0.2) is 0 Å². The summed E-state index contributed by atoms with van der Waals surface area (Å²) in [6.07, 6.45) is 1.45. The molecule has 0 aliphatic heterocycles. The number of aryl methyl sites for hydroxylation is 1. The van der Waals surface area contributed by atoms with Crippen molar-refractivity contribution in [3.05, 3.63) is 66.1 Å². The number of aromatic nitrogens is 2. The van der Waals surface area contributed by atoms with Gasteiger partial charge in [-0.05, 0) is 19.1 Å². The number of sulfonamides is 1. The lowest BCUT2D eigenvalue weighted by Gasteiger charge is -2.06. The molecule has 0 radical (unpaired) electrons. The van der Waals surface area contributed by atoms with Crippen molar-refractivity contribution in [3.63, 3.8) is 0 Å². The van der Waals surface area contributed by atoms with Gasteiger partial charge in [-0.2, -0.15) is 0 Å². The summed E-state index contributed by atoms with van der Waals surface area (Å²) in [5.41, 5.74) is 2.80. The molecule has 3 aromatic heterocycles. The van der Waals surface area contributed by atoms with Crippen LogP contribution in [0, 0.1) is 6.92 Å². The molecule has 3 heterocycles. The van der Waals surface area contributed by atoms with Gasteiger partial charge in [0.2, 0.25) is 10.0 Å². The highest BCUT2D eigenvalue weighted by Gasteiger charge is 2.21. The van der Waals surface area contributed by atoms with E-state index < -0.39 is 10.0 Å². The maximum absolute atomic E-state index is 12.7. The van der Waals surface area contributed by atoms with Crippen molar-refractivity contribution >= 4 is 21.4 Å². The molecule has 0 spiro atoms. The first-order chi connectivity index (χ1) is 13.0. The molecule has 4 rings (SSSR count). The van der Waals surface area contributed by atoms with E-state index in [-0.39, 0.29) is 10.8 Å². The van der Waals surface area contributed by atoms with Crippen LogP contribution in [-0.4, -0.2) is 18.7 Å². The number of benzene rings is 1. The van der Waals surface area contributed by atoms with E-state index in [0.29, 0.717) is 22.7 Å². The van der Waals surface area contributed by atoms with Crippen LogP contribution in [0.4, 0.5) is 0 Å². The third-order valence-electron chi connectivity index (χ3n) is 4.01. The Kier molecular flexibility index (Phi) is 4.65. The highest BCUT2D eigenvalue weighted by Crippen LogP contribution is 2.30. The Labute approximate surface area is 159 Å². The molecule has 0 aliphatic rings. The molecule has 0 saturated heterocycles. The monoisotopic (exact) mass is 401 g/mol. The molecule has 9 heteroatoms. The number of hydrogen-bond acceptors (Lipinski definition) is 7. The van der Waals surface area contributed by atoms with Crippen molar-refractivity contribution in [1.82, 2.24) is 15.0 Å². The summed E-state index contributed by atoms with van der Waals surface area (Å²) < 4.78 is 38.3. The Morgan fingerprint density at radius 2 is 1.89 bits per heavy atom. The zero-order valence-electron chi connectivity index (χ0n) is 14.2. The molecular weight excluding hydrogens is 386 g/mol. The van der Waals surface area contributed by atoms with Gasteiger partial charge in [0.05, 0.1) is 4.88 Å². The summed E-state index contributed by atoms with van der Waals surface area (Å²) in [6.45, 7) is 1.84. The zero-order valence-corrected chi connectivity index (χ0v) is 15.9. The van der Waals surface area contributed by atoms with Crippen LogP contribution >= 0.6 is 11.3 Å². The minimum Gasteiger partial charge on any atom is -0.364 e. The lowest BCUT2D eigenvalue weighted by atomic mass is 10.1. The van der Waals surface area contributed by atoms with Crippen molar-refractivity contribution in [2.75, 3.05) is 0 Å². The average molecular weight is 401 g/mol. The topological polar surface area (TPSA) is 98.2 Å². The molecule has 0 unspecified atom stereocenters. The van der Waals surface area contributed by atoms with E-state index in [2.05, 4.69) is 15.0 Å². The van der Waals surface area contributed by atoms with Gasteiger partial charge in [-0.1, -0.05) is 40.6 Å². The molecule has 4 aromatic rings. The number of rotatable bonds is 6. The third kappa shape index (κ3) is 3.57. The largest absolute Gasteiger partial charge is 0.364 e. The van der Waals surface area contributed by atoms with E-state index in [0.717, 1.165) is 21.8 Å². The Morgan fingerprint density at radius 1 is 1.07 bits per heavy atom. The normalized spacial score (nSPS) is 11.7. The van der Waals surface area contributed by atoms with Gasteiger partial charge in [-0.3, -0.25) is 0 Å². The maximum atomic E-state index is 12.7. The first kappa shape index (κ1) is 17.7. The van der Waals surface area contributed by atoms with Crippen LogP contribution in [0.3, 0.4) is 0 Å². The lowest BCUT2D eigenvalue weighted by molar-refractivity contribution is 0.398. The quantitative estimate of drug-likeness (QED) is 0.527. The van der Waals surface area contributed by atoms with Crippen LogP contribution in [0.2, 0.25) is 0 Å². The van der Waals surface area contributed by atoms with E-state index in [1.807, 2.05) is 30.3 Å². The second-order valence-corrected chi connectivity index (χ2v) is 8.84. The molecule has 7 nitrogen and oxygen atoms in total. The third-order valence-corrected chi connectivity index (χ3v) is 7.01. The maximum Gasteiger partial charge on any atom is 0.250 e. The van der Waals surface area contributed by atoms with Crippen molar-refractivity contribution in [2.24, 2.45) is 0 Å². The van der Waals surface area contributed by atoms with E-state index >= 15 is 0 Å². The lowest BCUT2D eigenvalue weighted by Crippen LogP contribution is -2.22. The van der Waals surface area contributed by atoms with Crippen molar-refractivity contribution in [2.45, 2.75) is 17.7 Å². The van der Waals surface area contributed by atoms with Crippen LogP contribution < -0.4 is 4.72 Å². The molecule has 1 aromatic carbocycles. The fraction of sp³-hybridized carbons (Fsp3) is 0.111. The van der Waals surface area contributed by atoms with Crippen LogP contribution in [-0.2, 0) is 16.6 Å². The Morgan fingerprint density at radius 3 is 2.63 bits per heavy atom. The first-order valence-corrected chi connectivity index (χ1v) is 10.4. The summed E-state index contributed by atoms with van der Waals surface area (Å²) in [6, 6.07) is 14.4. The molecule has 0 atom stereocenters. The molecule has 0 amide bonds. The second-order valence-electron chi connectivity index (χ2n) is 5.76. The molecule has 1 N–H and O–H groups in total. The number of nitrogens with zero attached hydrogens (tertiary/aromatic N) is 2. The van der Waals surface area contributed by atoms with Gasteiger partial charge in [0, 0.05) is 23.7 Å². The Bertz CT molecular complexity index is 1150. The summed E-state index contributed by atoms with van der Waals surface area (Å²) in [5.74, 6) is 0.575. The minimum atomic E-state index is -3.68. The fourth-order valence-corrected chi connectivity index (χ4v) is 4.91. The van der Waals surface area contributed by atoms with Gasteiger partial charge < -0.3 is 9.05 Å². The average Bonchev–Trinajstić information content (AvgIpc) is 3.41. The number of nitrogens with one attached hydrogen (secondary N) is 1. The SMILES string of the molecule is Cc1onc(-c2ccccc2)c1CNS(=O)(=O)c1ccc(-c2ccon2)s1. The van der Waals surface area contributed by atoms with Crippen LogP contribution in [0.1, 0.15) is 11.3 Å². The molecule has 138 valence electrons. The number of hydrogen-bond donors (Lipinski definition) is 1. The van der Waals surface area contributed by atoms with Crippen molar-refractivity contribution in [3.8, 4) is 21.8 Å². The highest BCUT2D eigenvalue weighted by molar-refractivity contribution is 7.91. The molecule has 0 saturated carbocycles. The highest BCUT2D eigenvalue weighted by atomic mass is 32.2. The van der Waals surface area contributed by atoms with Crippen molar-refractivity contribution < 1.29 is 17.5 Å². The standard InChI is InChI=1S/C18H15N3O4S2/c1-12-14(18(21-25-12)13-5-3-2-4-6-13)11-19-27(22,23)17-8-7-16(26-17)15-9-10-24-20-15/h2-10,19H,11H2,1H3. The predicted molar refractivity (Wildman–Crippen MR) is 101 cm³/mol. The van der Waals surface area contributed by atoms with E-state index in [1.54, 1.807) is 25.1 Å². The number of thiophene rings is 1. The van der Waals surface area contributed by atoms with Gasteiger partial charge in [-0.25, -0.2) is 13.1 Å². The van der Waals surface area contributed by atoms with Gasteiger partial charge in [0.1, 0.15) is 27.6 Å². The van der Waals surface area contributed by atoms with E-state index in [9.17, 15) is 8.42 Å². The summed E-state index contributed by atoms with van der Waals surface area (Å²) >= 11 is 1.13. The molecule has 27 heavy (non-hydrogen) atoms. The van der Waals surface area contributed by atoms with Gasteiger partial charge in [-0.15, -0.1) is 11.3 Å². The Balaban J connectivity index is 1.56. The summed E-state index contributed by atoms with van der Waals surface area (Å²) in [5, 5.41) is 7.90. The smallest absolute Gasteiger partial charge is 0.250 e. The minimum absolute atomic E-state index is 0.0824. The van der Waals surface area contributed by atoms with Gasteiger partial charge in [0.25, 0.3) is 0 Å². The van der Waals surface area contributed by atoms with Crippen LogP contribution in [0.25, 0.3) is 21.8 Å². The van der Waals surface area contributed by atoms with Crippen LogP contribution in [0.15, 0.2) is 68.0 Å². The molecule has 0 aliphatic carbocycles. The molecule has 0 bridgehead atoms. The fourth-order valence-electron chi connectivity index (χ4n) is 2.60. The Hall–Kier alpha value is -2.75. The van der Waals surface area contributed by atoms with Gasteiger partial charge >= 0.3 is 0 Å². The summed E-state index contributed by atoms with van der Waals surface area (Å²) in [7, 11) is -3.68. The van der Waals surface area contributed by atoms with E-state index in [1.165, 1.54) is 6.26 Å². The molecular formula is C18H15N3O4S2. The van der Waals surface area contributed by atoms with E-state index in [4.69, 9.17) is 9.05 Å². The second kappa shape index (κ2) is 7.10.